The fraction of sp³-hybridized carbons (Fsp3) is 0.385. The Morgan fingerprint density at radius 1 is 1.33 bits per heavy atom. The van der Waals surface area contributed by atoms with E-state index in [-0.39, 0.29) is 0 Å². The number of rotatable bonds is 3. The van der Waals surface area contributed by atoms with Crippen LogP contribution in [0, 0.1) is 0 Å². The summed E-state index contributed by atoms with van der Waals surface area (Å²) in [5.74, 6) is 0.904. The second kappa shape index (κ2) is 4.42. The highest BCUT2D eigenvalue weighted by atomic mass is 15.3. The van der Waals surface area contributed by atoms with Crippen molar-refractivity contribution in [1.29, 1.82) is 0 Å². The second-order valence-electron chi connectivity index (χ2n) is 4.78. The summed E-state index contributed by atoms with van der Waals surface area (Å²) in [7, 11) is 1.89. The average molecular weight is 243 g/mol. The lowest BCUT2D eigenvalue weighted by molar-refractivity contribution is 0.286. The molecular weight excluding hydrogens is 226 g/mol. The van der Waals surface area contributed by atoms with Crippen LogP contribution in [0.3, 0.4) is 0 Å². The molecule has 1 aliphatic heterocycles. The first-order valence-corrected chi connectivity index (χ1v) is 6.15. The summed E-state index contributed by atoms with van der Waals surface area (Å²) in [6, 6.07) is 6.16. The largest absolute Gasteiger partial charge is 0.398 e. The van der Waals surface area contributed by atoms with E-state index < -0.39 is 0 Å². The van der Waals surface area contributed by atoms with E-state index in [1.165, 1.54) is 11.1 Å². The first-order chi connectivity index (χ1) is 8.72. The molecule has 2 aromatic rings. The van der Waals surface area contributed by atoms with E-state index in [0.29, 0.717) is 0 Å². The van der Waals surface area contributed by atoms with Crippen molar-refractivity contribution in [2.45, 2.75) is 19.5 Å². The monoisotopic (exact) mass is 243 g/mol. The van der Waals surface area contributed by atoms with Gasteiger partial charge in [-0.05, 0) is 17.2 Å². The van der Waals surface area contributed by atoms with Crippen molar-refractivity contribution in [3.05, 3.63) is 41.5 Å². The zero-order valence-corrected chi connectivity index (χ0v) is 10.5. The van der Waals surface area contributed by atoms with Gasteiger partial charge in [0, 0.05) is 38.8 Å². The number of fused-ring (bicyclic) bond motifs is 1. The van der Waals surface area contributed by atoms with Crippen molar-refractivity contribution >= 4 is 5.69 Å². The van der Waals surface area contributed by atoms with Crippen LogP contribution in [0.25, 0.3) is 0 Å². The molecule has 0 atom stereocenters. The molecule has 5 nitrogen and oxygen atoms in total. The molecule has 1 aromatic carbocycles. The fourth-order valence-corrected chi connectivity index (χ4v) is 2.43. The summed E-state index contributed by atoms with van der Waals surface area (Å²) in [6.45, 7) is 2.89. The third-order valence-electron chi connectivity index (χ3n) is 3.38. The highest BCUT2D eigenvalue weighted by Crippen LogP contribution is 2.27. The zero-order chi connectivity index (χ0) is 12.5. The number of aromatic nitrogens is 3. The molecule has 0 aliphatic carbocycles. The van der Waals surface area contributed by atoms with Gasteiger partial charge in [0.2, 0.25) is 0 Å². The minimum Gasteiger partial charge on any atom is -0.398 e. The number of nitrogen functional groups attached to an aromatic ring is 1. The number of benzene rings is 1. The summed E-state index contributed by atoms with van der Waals surface area (Å²) < 4.78 is 1.74. The van der Waals surface area contributed by atoms with Crippen molar-refractivity contribution in [3.63, 3.8) is 0 Å². The van der Waals surface area contributed by atoms with Crippen molar-refractivity contribution in [1.82, 2.24) is 19.7 Å². The molecule has 0 saturated heterocycles. The van der Waals surface area contributed by atoms with Crippen molar-refractivity contribution in [2.24, 2.45) is 7.05 Å². The Bertz CT molecular complexity index is 560. The Labute approximate surface area is 106 Å². The molecule has 0 amide bonds. The van der Waals surface area contributed by atoms with E-state index in [1.807, 2.05) is 19.2 Å². The quantitative estimate of drug-likeness (QED) is 0.816. The smallest absolute Gasteiger partial charge is 0.151 e. The van der Waals surface area contributed by atoms with E-state index in [0.717, 1.165) is 37.6 Å². The number of hydrogen-bond acceptors (Lipinski definition) is 4. The van der Waals surface area contributed by atoms with Gasteiger partial charge in [-0.1, -0.05) is 12.1 Å². The third-order valence-corrected chi connectivity index (χ3v) is 3.38. The molecule has 2 N–H and O–H groups in total. The van der Waals surface area contributed by atoms with E-state index in [1.54, 1.807) is 11.0 Å². The molecule has 94 valence electrons. The minimum absolute atomic E-state index is 0.884. The third kappa shape index (κ3) is 2.09. The molecule has 5 heteroatoms. The summed E-state index contributed by atoms with van der Waals surface area (Å²) in [5.41, 5.74) is 9.53. The van der Waals surface area contributed by atoms with Crippen LogP contribution in [0.1, 0.15) is 17.0 Å². The summed E-state index contributed by atoms with van der Waals surface area (Å²) >= 11 is 0. The highest BCUT2D eigenvalue weighted by Gasteiger charge is 2.20. The van der Waals surface area contributed by atoms with E-state index in [4.69, 9.17) is 5.73 Å². The molecule has 0 unspecified atom stereocenters. The van der Waals surface area contributed by atoms with E-state index >= 15 is 0 Å². The van der Waals surface area contributed by atoms with Crippen LogP contribution in [0.15, 0.2) is 24.5 Å². The number of hydrogen-bond donors (Lipinski definition) is 1. The van der Waals surface area contributed by atoms with Crippen molar-refractivity contribution in [2.75, 3.05) is 12.3 Å². The van der Waals surface area contributed by atoms with Gasteiger partial charge in [0.25, 0.3) is 0 Å². The topological polar surface area (TPSA) is 60.0 Å². The second-order valence-corrected chi connectivity index (χ2v) is 4.78. The molecule has 0 saturated carbocycles. The van der Waals surface area contributed by atoms with Gasteiger partial charge in [0.05, 0.1) is 0 Å². The Kier molecular flexibility index (Phi) is 2.76. The van der Waals surface area contributed by atoms with Gasteiger partial charge >= 0.3 is 0 Å². The maximum Gasteiger partial charge on any atom is 0.151 e. The number of nitrogens with two attached hydrogens (primary N) is 1. The molecule has 3 rings (SSSR count). The van der Waals surface area contributed by atoms with Gasteiger partial charge in [0.15, 0.2) is 5.82 Å². The Morgan fingerprint density at radius 3 is 2.94 bits per heavy atom. The average Bonchev–Trinajstić information content (AvgIpc) is 2.93. The SMILES string of the molecule is Cn1cnc(CCN2Cc3cccc(N)c3C2)n1. The number of aryl methyl sites for hydroxylation is 1. The van der Waals surface area contributed by atoms with Crippen LogP contribution >= 0.6 is 0 Å². The van der Waals surface area contributed by atoms with Crippen LogP contribution in [0.2, 0.25) is 0 Å². The van der Waals surface area contributed by atoms with E-state index in [2.05, 4.69) is 21.0 Å². The molecule has 1 aliphatic rings. The Hall–Kier alpha value is -1.88. The van der Waals surface area contributed by atoms with Gasteiger partial charge in [-0.3, -0.25) is 9.58 Å². The van der Waals surface area contributed by atoms with Gasteiger partial charge < -0.3 is 5.73 Å². The first kappa shape index (κ1) is 11.2. The first-order valence-electron chi connectivity index (χ1n) is 6.15. The minimum atomic E-state index is 0.884. The maximum absolute atomic E-state index is 5.99. The van der Waals surface area contributed by atoms with Crippen molar-refractivity contribution in [3.8, 4) is 0 Å². The van der Waals surface area contributed by atoms with Gasteiger partial charge in [-0.25, -0.2) is 4.98 Å². The maximum atomic E-state index is 5.99. The fourth-order valence-electron chi connectivity index (χ4n) is 2.43. The van der Waals surface area contributed by atoms with E-state index in [9.17, 15) is 0 Å². The normalized spacial score (nSPS) is 14.9. The van der Waals surface area contributed by atoms with Crippen LogP contribution in [0.4, 0.5) is 5.69 Å². The predicted molar refractivity (Wildman–Crippen MR) is 69.7 cm³/mol. The van der Waals surface area contributed by atoms with Gasteiger partial charge in [0.1, 0.15) is 6.33 Å². The lowest BCUT2D eigenvalue weighted by Gasteiger charge is -2.13. The van der Waals surface area contributed by atoms with Gasteiger partial charge in [-0.2, -0.15) is 5.10 Å². The van der Waals surface area contributed by atoms with Gasteiger partial charge in [-0.15, -0.1) is 0 Å². The molecule has 0 radical (unpaired) electrons. The van der Waals surface area contributed by atoms with Crippen molar-refractivity contribution < 1.29 is 0 Å². The number of anilines is 1. The molecule has 1 aromatic heterocycles. The van der Waals surface area contributed by atoms with Crippen LogP contribution in [-0.4, -0.2) is 26.2 Å². The van der Waals surface area contributed by atoms with Crippen LogP contribution < -0.4 is 5.73 Å². The lowest BCUT2D eigenvalue weighted by atomic mass is 10.1. The lowest BCUT2D eigenvalue weighted by Crippen LogP contribution is -2.20. The molecule has 0 fully saturated rings. The van der Waals surface area contributed by atoms with Crippen LogP contribution in [0.5, 0.6) is 0 Å². The molecule has 0 spiro atoms. The summed E-state index contributed by atoms with van der Waals surface area (Å²) in [4.78, 5) is 6.63. The molecule has 0 bridgehead atoms. The number of nitrogens with zero attached hydrogens (tertiary/aromatic N) is 4. The molecule has 18 heavy (non-hydrogen) atoms. The summed E-state index contributed by atoms with van der Waals surface area (Å²) in [5, 5.41) is 4.29. The Balaban J connectivity index is 1.63. The zero-order valence-electron chi connectivity index (χ0n) is 10.5. The highest BCUT2D eigenvalue weighted by molar-refractivity contribution is 5.52. The molecule has 2 heterocycles. The predicted octanol–water partition coefficient (Wildman–Crippen LogP) is 0.956. The molecular formula is C13H17N5. The summed E-state index contributed by atoms with van der Waals surface area (Å²) in [6.07, 6.45) is 2.63. The standard InChI is InChI=1S/C13H17N5/c1-17-9-15-13(16-17)5-6-18-7-10-3-2-4-12(14)11(10)8-18/h2-4,9H,5-8,14H2,1H3. The Morgan fingerprint density at radius 2 is 2.22 bits per heavy atom. The van der Waals surface area contributed by atoms with Crippen LogP contribution in [-0.2, 0) is 26.6 Å².